The SMILES string of the molecule is O=S(=O)(Nc1cccc(C(F)(F)F)c1)c1ccc2c(c1)[C@@H]1C=CC[C@@H]1[C@@H](c1ccccc1Cl)N2. The molecule has 34 heavy (non-hydrogen) atoms. The molecule has 1 aliphatic heterocycles. The molecule has 0 spiro atoms. The van der Waals surface area contributed by atoms with Gasteiger partial charge in [0.25, 0.3) is 10.0 Å². The van der Waals surface area contributed by atoms with E-state index in [0.717, 1.165) is 35.4 Å². The van der Waals surface area contributed by atoms with Crippen LogP contribution in [0.5, 0.6) is 0 Å². The van der Waals surface area contributed by atoms with Crippen molar-refractivity contribution in [1.82, 2.24) is 0 Å². The average molecular weight is 505 g/mol. The van der Waals surface area contributed by atoms with Crippen LogP contribution >= 0.6 is 11.6 Å². The lowest BCUT2D eigenvalue weighted by Gasteiger charge is -2.38. The van der Waals surface area contributed by atoms with E-state index in [1.165, 1.54) is 18.2 Å². The quantitative estimate of drug-likeness (QED) is 0.377. The highest BCUT2D eigenvalue weighted by atomic mass is 35.5. The maximum absolute atomic E-state index is 13.0. The second kappa shape index (κ2) is 8.36. The molecule has 0 radical (unpaired) electrons. The van der Waals surface area contributed by atoms with Crippen LogP contribution in [-0.2, 0) is 16.2 Å². The number of fused-ring (bicyclic) bond motifs is 3. The second-order valence-corrected chi connectivity index (χ2v) is 10.5. The van der Waals surface area contributed by atoms with Crippen LogP contribution in [0.2, 0.25) is 5.02 Å². The first-order valence-corrected chi connectivity index (χ1v) is 12.5. The monoisotopic (exact) mass is 504 g/mol. The first-order chi connectivity index (χ1) is 16.1. The molecule has 4 nitrogen and oxygen atoms in total. The van der Waals surface area contributed by atoms with Gasteiger partial charge in [-0.25, -0.2) is 8.42 Å². The fourth-order valence-electron chi connectivity index (χ4n) is 4.75. The first-order valence-electron chi connectivity index (χ1n) is 10.7. The molecule has 0 amide bonds. The highest BCUT2D eigenvalue weighted by Crippen LogP contribution is 2.51. The second-order valence-electron chi connectivity index (χ2n) is 8.43. The summed E-state index contributed by atoms with van der Waals surface area (Å²) < 4.78 is 67.4. The number of nitrogens with one attached hydrogen (secondary N) is 2. The van der Waals surface area contributed by atoms with Crippen molar-refractivity contribution in [3.05, 3.63) is 101 Å². The number of alkyl halides is 3. The molecule has 9 heteroatoms. The van der Waals surface area contributed by atoms with Crippen LogP contribution in [0.25, 0.3) is 0 Å². The molecule has 0 unspecified atom stereocenters. The lowest BCUT2D eigenvalue weighted by atomic mass is 9.77. The van der Waals surface area contributed by atoms with Gasteiger partial charge >= 0.3 is 6.18 Å². The number of anilines is 2. The van der Waals surface area contributed by atoms with Gasteiger partial charge in [-0.1, -0.05) is 48.0 Å². The van der Waals surface area contributed by atoms with Crippen molar-refractivity contribution in [2.24, 2.45) is 5.92 Å². The van der Waals surface area contributed by atoms with Crippen molar-refractivity contribution in [2.45, 2.75) is 29.5 Å². The van der Waals surface area contributed by atoms with Crippen LogP contribution in [0.4, 0.5) is 24.5 Å². The smallest absolute Gasteiger partial charge is 0.378 e. The van der Waals surface area contributed by atoms with Gasteiger partial charge in [0.1, 0.15) is 0 Å². The summed E-state index contributed by atoms with van der Waals surface area (Å²) in [6.07, 6.45) is 0.399. The van der Waals surface area contributed by atoms with E-state index in [4.69, 9.17) is 11.6 Å². The van der Waals surface area contributed by atoms with E-state index >= 15 is 0 Å². The van der Waals surface area contributed by atoms with Gasteiger partial charge in [-0.2, -0.15) is 13.2 Å². The molecule has 0 fully saturated rings. The minimum atomic E-state index is -4.57. The number of allylic oxidation sites excluding steroid dienone is 2. The van der Waals surface area contributed by atoms with Crippen molar-refractivity contribution >= 4 is 33.0 Å². The van der Waals surface area contributed by atoms with Gasteiger partial charge in [0.05, 0.1) is 16.5 Å². The summed E-state index contributed by atoms with van der Waals surface area (Å²) in [7, 11) is -4.10. The minimum absolute atomic E-state index is 0.0127. The summed E-state index contributed by atoms with van der Waals surface area (Å²) in [5, 5.41) is 4.18. The molecule has 0 saturated carbocycles. The molecule has 1 heterocycles. The highest BCUT2D eigenvalue weighted by Gasteiger charge is 2.39. The Morgan fingerprint density at radius 2 is 1.76 bits per heavy atom. The Kier molecular flexibility index (Phi) is 5.61. The van der Waals surface area contributed by atoms with Crippen LogP contribution in [0.1, 0.15) is 35.1 Å². The van der Waals surface area contributed by atoms with E-state index in [-0.39, 0.29) is 28.5 Å². The Morgan fingerprint density at radius 1 is 0.971 bits per heavy atom. The maximum atomic E-state index is 13.0. The van der Waals surface area contributed by atoms with Crippen molar-refractivity contribution in [3.63, 3.8) is 0 Å². The molecule has 3 aromatic carbocycles. The lowest BCUT2D eigenvalue weighted by Crippen LogP contribution is -2.29. The number of sulfonamides is 1. The fraction of sp³-hybridized carbons (Fsp3) is 0.200. The van der Waals surface area contributed by atoms with Crippen LogP contribution in [0, 0.1) is 5.92 Å². The van der Waals surface area contributed by atoms with E-state index in [1.54, 1.807) is 12.1 Å². The Labute approximate surface area is 200 Å². The molecule has 0 bridgehead atoms. The molecule has 0 aromatic heterocycles. The third kappa shape index (κ3) is 4.16. The predicted octanol–water partition coefficient (Wildman–Crippen LogP) is 6.99. The van der Waals surface area contributed by atoms with E-state index in [0.29, 0.717) is 5.02 Å². The van der Waals surface area contributed by atoms with Crippen molar-refractivity contribution in [3.8, 4) is 0 Å². The van der Waals surface area contributed by atoms with E-state index in [9.17, 15) is 21.6 Å². The maximum Gasteiger partial charge on any atom is 0.416 e. The Morgan fingerprint density at radius 3 is 2.53 bits per heavy atom. The Bertz CT molecular complexity index is 1390. The Balaban J connectivity index is 1.47. The molecular formula is C25H20ClF3N2O2S. The van der Waals surface area contributed by atoms with E-state index < -0.39 is 21.8 Å². The summed E-state index contributed by atoms with van der Waals surface area (Å²) in [6.45, 7) is 0. The zero-order chi connectivity index (χ0) is 24.1. The third-order valence-electron chi connectivity index (χ3n) is 6.33. The predicted molar refractivity (Wildman–Crippen MR) is 126 cm³/mol. The summed E-state index contributed by atoms with van der Waals surface area (Å²) in [4.78, 5) is -0.0132. The summed E-state index contributed by atoms with van der Waals surface area (Å²) >= 11 is 6.46. The molecule has 0 saturated heterocycles. The number of hydrogen-bond acceptors (Lipinski definition) is 3. The number of hydrogen-bond donors (Lipinski definition) is 2. The lowest BCUT2D eigenvalue weighted by molar-refractivity contribution is -0.137. The highest BCUT2D eigenvalue weighted by molar-refractivity contribution is 7.92. The van der Waals surface area contributed by atoms with E-state index in [2.05, 4.69) is 22.2 Å². The molecule has 176 valence electrons. The molecule has 2 N–H and O–H groups in total. The Hall–Kier alpha value is -2.97. The zero-order valence-electron chi connectivity index (χ0n) is 17.7. The summed E-state index contributed by atoms with van der Waals surface area (Å²) in [5.74, 6) is 0.142. The van der Waals surface area contributed by atoms with Crippen LogP contribution in [0.3, 0.4) is 0 Å². The largest absolute Gasteiger partial charge is 0.416 e. The van der Waals surface area contributed by atoms with Gasteiger partial charge in [0.15, 0.2) is 0 Å². The zero-order valence-corrected chi connectivity index (χ0v) is 19.3. The average Bonchev–Trinajstić information content (AvgIpc) is 3.28. The van der Waals surface area contributed by atoms with Gasteiger partial charge in [0, 0.05) is 22.3 Å². The molecule has 3 atom stereocenters. The summed E-state index contributed by atoms with van der Waals surface area (Å²) in [5.41, 5.74) is 1.54. The van der Waals surface area contributed by atoms with Crippen LogP contribution in [-0.4, -0.2) is 8.42 Å². The topological polar surface area (TPSA) is 58.2 Å². The van der Waals surface area contributed by atoms with Crippen molar-refractivity contribution < 1.29 is 21.6 Å². The first kappa shape index (κ1) is 22.8. The number of halogens is 4. The van der Waals surface area contributed by atoms with Gasteiger partial charge < -0.3 is 5.32 Å². The van der Waals surface area contributed by atoms with Crippen molar-refractivity contribution in [2.75, 3.05) is 10.0 Å². The van der Waals surface area contributed by atoms with Crippen LogP contribution < -0.4 is 10.0 Å². The van der Waals surface area contributed by atoms with Gasteiger partial charge in [0.2, 0.25) is 0 Å². The van der Waals surface area contributed by atoms with Crippen LogP contribution in [0.15, 0.2) is 83.8 Å². The standard InChI is InChI=1S/C25H20ClF3N2O2S/c26-22-10-2-1-7-20(22)24-19-9-4-8-18(19)21-14-17(11-12-23(21)30-24)34(32,33)31-16-6-3-5-15(13-16)25(27,28)29/h1-8,10-14,18-19,24,30-31H,9H2/t18-,19+,24+/m1/s1. The molecule has 1 aliphatic carbocycles. The minimum Gasteiger partial charge on any atom is -0.378 e. The molecule has 5 rings (SSSR count). The molecule has 3 aromatic rings. The third-order valence-corrected chi connectivity index (χ3v) is 8.05. The van der Waals surface area contributed by atoms with Gasteiger partial charge in [-0.05, 0) is 65.9 Å². The molecule has 2 aliphatic rings. The normalized spacial score (nSPS) is 21.5. The fourth-order valence-corrected chi connectivity index (χ4v) is 6.09. The van der Waals surface area contributed by atoms with E-state index in [1.807, 2.05) is 24.3 Å². The summed E-state index contributed by atoms with van der Waals surface area (Å²) in [6, 6.07) is 16.5. The molecular weight excluding hydrogens is 485 g/mol. The van der Waals surface area contributed by atoms with Gasteiger partial charge in [-0.15, -0.1) is 0 Å². The number of rotatable bonds is 4. The van der Waals surface area contributed by atoms with Crippen molar-refractivity contribution in [1.29, 1.82) is 0 Å². The number of benzene rings is 3. The van der Waals surface area contributed by atoms with Gasteiger partial charge in [-0.3, -0.25) is 4.72 Å².